The molecule has 4 heteroatoms. The molecule has 0 aromatic heterocycles. The van der Waals surface area contributed by atoms with Crippen molar-refractivity contribution in [2.75, 3.05) is 7.11 Å². The molecule has 16 heavy (non-hydrogen) atoms. The molecule has 0 aromatic carbocycles. The van der Waals surface area contributed by atoms with Crippen LogP contribution in [0.1, 0.15) is 39.0 Å². The minimum atomic E-state index is -0.163. The standard InChI is InChI=1S/C12H19NO3/c1-8(12(16-2)4-3-5-12)13-11(15)9-6-10(14)7-9/h8-9H,3-7H2,1-2H3,(H,13,15)/t8-/m0/s1. The summed E-state index contributed by atoms with van der Waals surface area (Å²) in [5.74, 6) is 0.109. The third-order valence-corrected chi connectivity index (χ3v) is 4.07. The maximum absolute atomic E-state index is 11.8. The van der Waals surface area contributed by atoms with Gasteiger partial charge in [0.2, 0.25) is 5.91 Å². The Kier molecular flexibility index (Phi) is 3.02. The quantitative estimate of drug-likeness (QED) is 0.777. The number of methoxy groups -OCH3 is 1. The molecule has 0 radical (unpaired) electrons. The molecule has 0 saturated heterocycles. The molecule has 0 aromatic rings. The van der Waals surface area contributed by atoms with Crippen LogP contribution in [0.4, 0.5) is 0 Å². The summed E-state index contributed by atoms with van der Waals surface area (Å²) in [6, 6.07) is 0.0365. The SMILES string of the molecule is COC1([C@H](C)NC(=O)C2CC(=O)C2)CCC1. The van der Waals surface area contributed by atoms with Crippen LogP contribution in [-0.4, -0.2) is 30.4 Å². The van der Waals surface area contributed by atoms with Crippen molar-refractivity contribution in [3.63, 3.8) is 0 Å². The van der Waals surface area contributed by atoms with Crippen molar-refractivity contribution in [3.05, 3.63) is 0 Å². The fourth-order valence-electron chi connectivity index (χ4n) is 2.48. The van der Waals surface area contributed by atoms with E-state index in [0.717, 1.165) is 19.3 Å². The van der Waals surface area contributed by atoms with Gasteiger partial charge in [-0.2, -0.15) is 0 Å². The van der Waals surface area contributed by atoms with Crippen LogP contribution in [0.2, 0.25) is 0 Å². The van der Waals surface area contributed by atoms with E-state index >= 15 is 0 Å². The number of carbonyl (C=O) groups excluding carboxylic acids is 2. The van der Waals surface area contributed by atoms with Crippen LogP contribution in [0.25, 0.3) is 0 Å². The van der Waals surface area contributed by atoms with Crippen molar-refractivity contribution in [2.24, 2.45) is 5.92 Å². The van der Waals surface area contributed by atoms with E-state index in [0.29, 0.717) is 12.8 Å². The molecule has 0 unspecified atom stereocenters. The second-order valence-electron chi connectivity index (χ2n) is 5.00. The molecule has 0 aliphatic heterocycles. The van der Waals surface area contributed by atoms with Gasteiger partial charge in [0, 0.05) is 20.0 Å². The summed E-state index contributed by atoms with van der Waals surface area (Å²) in [4.78, 5) is 22.6. The van der Waals surface area contributed by atoms with E-state index in [2.05, 4.69) is 5.32 Å². The van der Waals surface area contributed by atoms with Gasteiger partial charge in [-0.05, 0) is 26.2 Å². The maximum atomic E-state index is 11.8. The molecule has 2 fully saturated rings. The van der Waals surface area contributed by atoms with Gasteiger partial charge in [-0.15, -0.1) is 0 Å². The van der Waals surface area contributed by atoms with Gasteiger partial charge in [0.15, 0.2) is 0 Å². The predicted octanol–water partition coefficient (Wildman–Crippen LogP) is 1.04. The summed E-state index contributed by atoms with van der Waals surface area (Å²) in [6.45, 7) is 1.99. The highest BCUT2D eigenvalue weighted by atomic mass is 16.5. The number of hydrogen-bond donors (Lipinski definition) is 1. The monoisotopic (exact) mass is 225 g/mol. The number of amides is 1. The van der Waals surface area contributed by atoms with Gasteiger partial charge in [0.05, 0.1) is 17.6 Å². The Labute approximate surface area is 95.7 Å². The lowest BCUT2D eigenvalue weighted by Gasteiger charge is -2.45. The minimum Gasteiger partial charge on any atom is -0.376 e. The number of hydrogen-bond acceptors (Lipinski definition) is 3. The molecular formula is C12H19NO3. The first kappa shape index (κ1) is 11.6. The van der Waals surface area contributed by atoms with Gasteiger partial charge >= 0.3 is 0 Å². The Hall–Kier alpha value is -0.900. The number of nitrogens with one attached hydrogen (secondary N) is 1. The highest BCUT2D eigenvalue weighted by Gasteiger charge is 2.44. The summed E-state index contributed by atoms with van der Waals surface area (Å²) in [6.07, 6.45) is 4.01. The van der Waals surface area contributed by atoms with Gasteiger partial charge < -0.3 is 10.1 Å². The van der Waals surface area contributed by atoms with Crippen LogP contribution in [0.3, 0.4) is 0 Å². The number of Topliss-reactive ketones (excluding diaryl/α,β-unsaturated/α-hetero) is 1. The van der Waals surface area contributed by atoms with Crippen LogP contribution in [0.15, 0.2) is 0 Å². The van der Waals surface area contributed by atoms with Gasteiger partial charge in [-0.1, -0.05) is 0 Å². The van der Waals surface area contributed by atoms with E-state index in [4.69, 9.17) is 4.74 Å². The number of rotatable bonds is 4. The lowest BCUT2D eigenvalue weighted by atomic mass is 9.74. The van der Waals surface area contributed by atoms with E-state index < -0.39 is 0 Å². The molecule has 0 spiro atoms. The zero-order valence-electron chi connectivity index (χ0n) is 9.91. The van der Waals surface area contributed by atoms with Gasteiger partial charge in [0.25, 0.3) is 0 Å². The van der Waals surface area contributed by atoms with Crippen LogP contribution in [0.5, 0.6) is 0 Å². The molecule has 90 valence electrons. The molecular weight excluding hydrogens is 206 g/mol. The average Bonchev–Trinajstić information content (AvgIpc) is 2.11. The Morgan fingerprint density at radius 1 is 1.50 bits per heavy atom. The molecule has 4 nitrogen and oxygen atoms in total. The van der Waals surface area contributed by atoms with E-state index in [9.17, 15) is 9.59 Å². The second kappa shape index (κ2) is 4.17. The number of carbonyl (C=O) groups is 2. The Balaban J connectivity index is 1.84. The van der Waals surface area contributed by atoms with E-state index in [1.54, 1.807) is 7.11 Å². The first-order chi connectivity index (χ1) is 7.57. The van der Waals surface area contributed by atoms with Crippen molar-refractivity contribution >= 4 is 11.7 Å². The van der Waals surface area contributed by atoms with Crippen LogP contribution in [-0.2, 0) is 14.3 Å². The number of ether oxygens (including phenoxy) is 1. The molecule has 0 heterocycles. The number of ketones is 1. The first-order valence-corrected chi connectivity index (χ1v) is 5.94. The van der Waals surface area contributed by atoms with Gasteiger partial charge in [-0.25, -0.2) is 0 Å². The van der Waals surface area contributed by atoms with Crippen molar-refractivity contribution < 1.29 is 14.3 Å². The largest absolute Gasteiger partial charge is 0.376 e. The molecule has 2 aliphatic carbocycles. The van der Waals surface area contributed by atoms with Crippen molar-refractivity contribution in [1.82, 2.24) is 5.32 Å². The Morgan fingerprint density at radius 2 is 2.12 bits per heavy atom. The third kappa shape index (κ3) is 1.86. The van der Waals surface area contributed by atoms with Crippen molar-refractivity contribution in [1.29, 1.82) is 0 Å². The van der Waals surface area contributed by atoms with E-state index in [1.807, 2.05) is 6.92 Å². The van der Waals surface area contributed by atoms with Crippen LogP contribution >= 0.6 is 0 Å². The molecule has 1 atom stereocenters. The van der Waals surface area contributed by atoms with Crippen molar-refractivity contribution in [3.8, 4) is 0 Å². The molecule has 2 aliphatic rings. The van der Waals surface area contributed by atoms with Crippen LogP contribution < -0.4 is 5.32 Å². The Bertz CT molecular complexity index is 296. The zero-order chi connectivity index (χ0) is 11.8. The topological polar surface area (TPSA) is 55.4 Å². The lowest BCUT2D eigenvalue weighted by Crippen LogP contribution is -2.57. The van der Waals surface area contributed by atoms with E-state index in [-0.39, 0.29) is 29.3 Å². The van der Waals surface area contributed by atoms with Crippen LogP contribution in [0, 0.1) is 5.92 Å². The highest BCUT2D eigenvalue weighted by Crippen LogP contribution is 2.38. The smallest absolute Gasteiger partial charge is 0.224 e. The third-order valence-electron chi connectivity index (χ3n) is 4.07. The lowest BCUT2D eigenvalue weighted by molar-refractivity contribution is -0.142. The van der Waals surface area contributed by atoms with Crippen molar-refractivity contribution in [2.45, 2.75) is 50.7 Å². The van der Waals surface area contributed by atoms with E-state index in [1.165, 1.54) is 0 Å². The highest BCUT2D eigenvalue weighted by molar-refractivity contribution is 5.96. The predicted molar refractivity (Wildman–Crippen MR) is 58.9 cm³/mol. The summed E-state index contributed by atoms with van der Waals surface area (Å²) < 4.78 is 5.51. The zero-order valence-corrected chi connectivity index (χ0v) is 9.91. The fraction of sp³-hybridized carbons (Fsp3) is 0.833. The summed E-state index contributed by atoms with van der Waals surface area (Å²) in [7, 11) is 1.70. The molecule has 2 rings (SSSR count). The second-order valence-corrected chi connectivity index (χ2v) is 5.00. The molecule has 1 N–H and O–H groups in total. The molecule has 2 saturated carbocycles. The van der Waals surface area contributed by atoms with Gasteiger partial charge in [-0.3, -0.25) is 9.59 Å². The first-order valence-electron chi connectivity index (χ1n) is 5.94. The normalized spacial score (nSPS) is 25.5. The summed E-state index contributed by atoms with van der Waals surface area (Å²) >= 11 is 0. The summed E-state index contributed by atoms with van der Waals surface area (Å²) in [5, 5.41) is 2.98. The van der Waals surface area contributed by atoms with Gasteiger partial charge in [0.1, 0.15) is 5.78 Å². The maximum Gasteiger partial charge on any atom is 0.224 e. The minimum absolute atomic E-state index is 0.00965. The molecule has 1 amide bonds. The Morgan fingerprint density at radius 3 is 2.50 bits per heavy atom. The average molecular weight is 225 g/mol. The fourth-order valence-corrected chi connectivity index (χ4v) is 2.48. The summed E-state index contributed by atoms with van der Waals surface area (Å²) in [5.41, 5.74) is -0.163. The molecule has 0 bridgehead atoms.